The van der Waals surface area contributed by atoms with Crippen LogP contribution in [-0.4, -0.2) is 4.57 Å². The molecule has 1 heteroatoms. The lowest BCUT2D eigenvalue weighted by molar-refractivity contribution is 0.514. The summed E-state index contributed by atoms with van der Waals surface area (Å²) in [6.07, 6.45) is 5.92. The van der Waals surface area contributed by atoms with Crippen LogP contribution < -0.4 is 0 Å². The predicted octanol–water partition coefficient (Wildman–Crippen LogP) is 3.24. The van der Waals surface area contributed by atoms with Gasteiger partial charge < -0.3 is 4.57 Å². The van der Waals surface area contributed by atoms with Gasteiger partial charge in [0, 0.05) is 11.4 Å². The van der Waals surface area contributed by atoms with Crippen molar-refractivity contribution in [3.8, 4) is 0 Å². The van der Waals surface area contributed by atoms with E-state index in [0.29, 0.717) is 6.04 Å². The highest BCUT2D eigenvalue weighted by molar-refractivity contribution is 5.19. The zero-order valence-electron chi connectivity index (χ0n) is 8.62. The van der Waals surface area contributed by atoms with Gasteiger partial charge in [0.25, 0.3) is 0 Å². The Hall–Kier alpha value is -0.980. The van der Waals surface area contributed by atoms with Crippen LogP contribution >= 0.6 is 0 Å². The zero-order chi connectivity index (χ0) is 9.42. The van der Waals surface area contributed by atoms with Crippen LogP contribution in [0.3, 0.4) is 0 Å². The lowest BCUT2D eigenvalue weighted by Crippen LogP contribution is -2.08. The van der Waals surface area contributed by atoms with Crippen molar-refractivity contribution in [2.24, 2.45) is 5.92 Å². The molecule has 0 saturated carbocycles. The lowest BCUT2D eigenvalue weighted by atomic mass is 10.1. The molecule has 1 aromatic heterocycles. The van der Waals surface area contributed by atoms with Gasteiger partial charge >= 0.3 is 0 Å². The number of hydrogen-bond donors (Lipinski definition) is 0. The van der Waals surface area contributed by atoms with Gasteiger partial charge in [0.15, 0.2) is 0 Å². The fourth-order valence-electron chi connectivity index (χ4n) is 2.25. The molecule has 0 fully saturated rings. The van der Waals surface area contributed by atoms with Crippen LogP contribution in [0.1, 0.15) is 30.8 Å². The second-order valence-electron chi connectivity index (χ2n) is 4.15. The van der Waals surface area contributed by atoms with Gasteiger partial charge in [0.2, 0.25) is 0 Å². The molecule has 0 spiro atoms. The predicted molar refractivity (Wildman–Crippen MR) is 55.9 cm³/mol. The minimum Gasteiger partial charge on any atom is -0.342 e. The molecular weight excluding hydrogens is 158 g/mol. The van der Waals surface area contributed by atoms with Crippen LogP contribution in [0, 0.1) is 19.8 Å². The molecule has 0 bridgehead atoms. The minimum absolute atomic E-state index is 0.602. The maximum Gasteiger partial charge on any atom is 0.0521 e. The normalized spacial score (nSPS) is 27.0. The van der Waals surface area contributed by atoms with E-state index in [1.54, 1.807) is 0 Å². The van der Waals surface area contributed by atoms with Gasteiger partial charge in [-0.05, 0) is 38.3 Å². The number of aryl methyl sites for hydroxylation is 2. The Labute approximate surface area is 80.1 Å². The van der Waals surface area contributed by atoms with E-state index in [1.807, 2.05) is 0 Å². The van der Waals surface area contributed by atoms with E-state index in [1.165, 1.54) is 17.8 Å². The summed E-state index contributed by atoms with van der Waals surface area (Å²) < 4.78 is 2.43. The molecule has 0 aliphatic heterocycles. The van der Waals surface area contributed by atoms with E-state index in [-0.39, 0.29) is 0 Å². The Morgan fingerprint density at radius 3 is 2.23 bits per heavy atom. The molecule has 0 N–H and O–H groups in total. The number of allylic oxidation sites excluding steroid dienone is 2. The first-order valence-electron chi connectivity index (χ1n) is 5.01. The maximum atomic E-state index is 2.43. The van der Waals surface area contributed by atoms with Crippen LogP contribution in [0.2, 0.25) is 0 Å². The van der Waals surface area contributed by atoms with Gasteiger partial charge in [-0.1, -0.05) is 19.1 Å². The highest BCUT2D eigenvalue weighted by Crippen LogP contribution is 2.29. The highest BCUT2D eigenvalue weighted by atomic mass is 15.0. The monoisotopic (exact) mass is 175 g/mol. The summed E-state index contributed by atoms with van der Waals surface area (Å²) in [4.78, 5) is 0. The summed E-state index contributed by atoms with van der Waals surface area (Å²) in [6.45, 7) is 6.65. The average molecular weight is 175 g/mol. The third-order valence-electron chi connectivity index (χ3n) is 2.93. The second-order valence-corrected chi connectivity index (χ2v) is 4.15. The SMILES string of the molecule is Cc1ccc(C)n1C1C=CC(C)C1. The highest BCUT2D eigenvalue weighted by Gasteiger charge is 2.18. The van der Waals surface area contributed by atoms with Crippen molar-refractivity contribution in [1.29, 1.82) is 0 Å². The quantitative estimate of drug-likeness (QED) is 0.577. The van der Waals surface area contributed by atoms with Crippen molar-refractivity contribution in [1.82, 2.24) is 4.57 Å². The van der Waals surface area contributed by atoms with Crippen molar-refractivity contribution < 1.29 is 0 Å². The molecule has 1 heterocycles. The third-order valence-corrected chi connectivity index (χ3v) is 2.93. The molecular formula is C12H17N. The molecule has 1 aromatic rings. The molecule has 1 aliphatic rings. The largest absolute Gasteiger partial charge is 0.342 e. The molecule has 2 rings (SSSR count). The van der Waals surface area contributed by atoms with Gasteiger partial charge in [-0.15, -0.1) is 0 Å². The molecule has 1 aliphatic carbocycles. The summed E-state index contributed by atoms with van der Waals surface area (Å²) in [5, 5.41) is 0. The van der Waals surface area contributed by atoms with E-state index in [2.05, 4.69) is 49.6 Å². The Bertz CT molecular complexity index is 313. The molecule has 0 aromatic carbocycles. The average Bonchev–Trinajstić information content (AvgIpc) is 2.60. The van der Waals surface area contributed by atoms with Crippen molar-refractivity contribution in [3.63, 3.8) is 0 Å². The first-order valence-corrected chi connectivity index (χ1v) is 5.01. The topological polar surface area (TPSA) is 4.93 Å². The third kappa shape index (κ3) is 1.43. The van der Waals surface area contributed by atoms with E-state index in [4.69, 9.17) is 0 Å². The van der Waals surface area contributed by atoms with Crippen molar-refractivity contribution in [2.75, 3.05) is 0 Å². The van der Waals surface area contributed by atoms with Gasteiger partial charge in [-0.3, -0.25) is 0 Å². The number of rotatable bonds is 1. The van der Waals surface area contributed by atoms with Crippen LogP contribution in [0.5, 0.6) is 0 Å². The van der Waals surface area contributed by atoms with Crippen LogP contribution in [0.15, 0.2) is 24.3 Å². The standard InChI is InChI=1S/C12H17N/c1-9-4-7-12(8-9)13-10(2)5-6-11(13)3/h4-7,9,12H,8H2,1-3H3. The van der Waals surface area contributed by atoms with Crippen LogP contribution in [-0.2, 0) is 0 Å². The Kier molecular flexibility index (Phi) is 2.03. The van der Waals surface area contributed by atoms with Gasteiger partial charge in [-0.25, -0.2) is 0 Å². The molecule has 13 heavy (non-hydrogen) atoms. The van der Waals surface area contributed by atoms with E-state index in [9.17, 15) is 0 Å². The lowest BCUT2D eigenvalue weighted by Gasteiger charge is -2.16. The van der Waals surface area contributed by atoms with Crippen molar-refractivity contribution in [3.05, 3.63) is 35.7 Å². The summed E-state index contributed by atoms with van der Waals surface area (Å²) in [7, 11) is 0. The van der Waals surface area contributed by atoms with Crippen LogP contribution in [0.25, 0.3) is 0 Å². The van der Waals surface area contributed by atoms with E-state index >= 15 is 0 Å². The Balaban J connectivity index is 2.31. The molecule has 1 nitrogen and oxygen atoms in total. The minimum atomic E-state index is 0.602. The summed E-state index contributed by atoms with van der Waals surface area (Å²) in [5.41, 5.74) is 2.75. The number of aromatic nitrogens is 1. The zero-order valence-corrected chi connectivity index (χ0v) is 8.62. The molecule has 70 valence electrons. The number of nitrogens with zero attached hydrogens (tertiary/aromatic N) is 1. The number of hydrogen-bond acceptors (Lipinski definition) is 0. The molecule has 0 radical (unpaired) electrons. The smallest absolute Gasteiger partial charge is 0.0521 e. The fourth-order valence-corrected chi connectivity index (χ4v) is 2.25. The summed E-state index contributed by atoms with van der Waals surface area (Å²) >= 11 is 0. The van der Waals surface area contributed by atoms with Crippen LogP contribution in [0.4, 0.5) is 0 Å². The summed E-state index contributed by atoms with van der Waals surface area (Å²) in [5.74, 6) is 0.742. The molecule has 0 saturated heterocycles. The van der Waals surface area contributed by atoms with Gasteiger partial charge in [-0.2, -0.15) is 0 Å². The maximum absolute atomic E-state index is 2.43. The van der Waals surface area contributed by atoms with E-state index in [0.717, 1.165) is 5.92 Å². The molecule has 2 unspecified atom stereocenters. The Morgan fingerprint density at radius 1 is 1.15 bits per heavy atom. The fraction of sp³-hybridized carbons (Fsp3) is 0.500. The second kappa shape index (κ2) is 3.06. The van der Waals surface area contributed by atoms with Crippen molar-refractivity contribution >= 4 is 0 Å². The van der Waals surface area contributed by atoms with Gasteiger partial charge in [0.05, 0.1) is 6.04 Å². The van der Waals surface area contributed by atoms with Gasteiger partial charge in [0.1, 0.15) is 0 Å². The van der Waals surface area contributed by atoms with Crippen molar-refractivity contribution in [2.45, 2.75) is 33.2 Å². The first kappa shape index (κ1) is 8.61. The van der Waals surface area contributed by atoms with E-state index < -0.39 is 0 Å². The molecule has 0 amide bonds. The summed E-state index contributed by atoms with van der Waals surface area (Å²) in [6, 6.07) is 5.00. The molecule has 2 atom stereocenters. The first-order chi connectivity index (χ1) is 6.18. The Morgan fingerprint density at radius 2 is 1.77 bits per heavy atom.